The third-order valence-electron chi connectivity index (χ3n) is 5.14. The Balaban J connectivity index is 1.86. The molecule has 1 N–H and O–H groups in total. The Bertz CT molecular complexity index is 730. The van der Waals surface area contributed by atoms with Gasteiger partial charge in [0.25, 0.3) is 0 Å². The van der Waals surface area contributed by atoms with Crippen LogP contribution in [0.2, 0.25) is 0 Å². The van der Waals surface area contributed by atoms with Gasteiger partial charge in [0.05, 0.1) is 11.5 Å². The third kappa shape index (κ3) is 5.13. The second-order valence-corrected chi connectivity index (χ2v) is 9.14. The first-order valence-corrected chi connectivity index (χ1v) is 11.1. The SMILES string of the molecule is CCN(CC)c1ccc(NCCC(=O)N(C)C2CCS(=O)(=O)C2)c(C)c1. The monoisotopic (exact) mass is 381 g/mol. The number of nitrogens with one attached hydrogen (secondary N) is 1. The molecule has 0 radical (unpaired) electrons. The Kier molecular flexibility index (Phi) is 6.92. The maximum atomic E-state index is 12.3. The fraction of sp³-hybridized carbons (Fsp3) is 0.632. The summed E-state index contributed by atoms with van der Waals surface area (Å²) in [5, 5.41) is 3.32. The maximum Gasteiger partial charge on any atom is 0.224 e. The van der Waals surface area contributed by atoms with E-state index in [0.717, 1.165) is 24.3 Å². The summed E-state index contributed by atoms with van der Waals surface area (Å²) in [5.41, 5.74) is 3.38. The molecule has 1 amide bonds. The normalized spacial score (nSPS) is 18.5. The van der Waals surface area contributed by atoms with Gasteiger partial charge in [-0.15, -0.1) is 0 Å². The van der Waals surface area contributed by atoms with E-state index in [1.165, 1.54) is 5.69 Å². The number of nitrogens with zero attached hydrogens (tertiary/aromatic N) is 2. The minimum atomic E-state index is -2.97. The van der Waals surface area contributed by atoms with E-state index >= 15 is 0 Å². The molecule has 26 heavy (non-hydrogen) atoms. The molecule has 1 aliphatic rings. The molecule has 1 heterocycles. The fourth-order valence-corrected chi connectivity index (χ4v) is 5.17. The molecule has 2 rings (SSSR count). The van der Waals surface area contributed by atoms with Gasteiger partial charge >= 0.3 is 0 Å². The van der Waals surface area contributed by atoms with Crippen molar-refractivity contribution in [3.8, 4) is 0 Å². The van der Waals surface area contributed by atoms with E-state index in [2.05, 4.69) is 49.2 Å². The first-order valence-electron chi connectivity index (χ1n) is 9.33. The highest BCUT2D eigenvalue weighted by molar-refractivity contribution is 7.91. The van der Waals surface area contributed by atoms with Crippen molar-refractivity contribution in [2.45, 2.75) is 39.7 Å². The molecule has 0 aliphatic carbocycles. The van der Waals surface area contributed by atoms with Crippen LogP contribution in [0.1, 0.15) is 32.3 Å². The lowest BCUT2D eigenvalue weighted by molar-refractivity contribution is -0.131. The van der Waals surface area contributed by atoms with Crippen LogP contribution in [0.25, 0.3) is 0 Å². The zero-order valence-electron chi connectivity index (χ0n) is 16.3. The topological polar surface area (TPSA) is 69.7 Å². The van der Waals surface area contributed by atoms with Gasteiger partial charge < -0.3 is 15.1 Å². The van der Waals surface area contributed by atoms with Crippen LogP contribution in [0.15, 0.2) is 18.2 Å². The molecule has 1 aromatic carbocycles. The second kappa shape index (κ2) is 8.75. The zero-order chi connectivity index (χ0) is 19.3. The van der Waals surface area contributed by atoms with Gasteiger partial charge in [-0.05, 0) is 51.0 Å². The lowest BCUT2D eigenvalue weighted by atomic mass is 10.1. The molecule has 1 atom stereocenters. The molecule has 1 aliphatic heterocycles. The number of carbonyl (C=O) groups is 1. The van der Waals surface area contributed by atoms with E-state index in [1.54, 1.807) is 11.9 Å². The number of aryl methyl sites for hydroxylation is 1. The van der Waals surface area contributed by atoms with Crippen molar-refractivity contribution >= 4 is 27.1 Å². The van der Waals surface area contributed by atoms with E-state index in [0.29, 0.717) is 19.4 Å². The first-order chi connectivity index (χ1) is 12.3. The van der Waals surface area contributed by atoms with Gasteiger partial charge in [0.15, 0.2) is 9.84 Å². The molecule has 0 bridgehead atoms. The molecule has 1 saturated heterocycles. The summed E-state index contributed by atoms with van der Waals surface area (Å²) in [6.07, 6.45) is 0.897. The Morgan fingerprint density at radius 3 is 2.50 bits per heavy atom. The molecule has 6 nitrogen and oxygen atoms in total. The summed E-state index contributed by atoms with van der Waals surface area (Å²) >= 11 is 0. The molecule has 146 valence electrons. The predicted molar refractivity (Wildman–Crippen MR) is 108 cm³/mol. The van der Waals surface area contributed by atoms with E-state index in [4.69, 9.17) is 0 Å². The molecule has 0 saturated carbocycles. The average molecular weight is 382 g/mol. The molecule has 0 spiro atoms. The Morgan fingerprint density at radius 2 is 1.96 bits per heavy atom. The number of benzene rings is 1. The predicted octanol–water partition coefficient (Wildman–Crippen LogP) is 2.29. The summed E-state index contributed by atoms with van der Waals surface area (Å²) in [7, 11) is -1.27. The number of anilines is 2. The number of rotatable bonds is 8. The number of sulfone groups is 1. The standard InChI is InChI=1S/C19H31N3O3S/c1-5-22(6-2)16-7-8-18(15(3)13-16)20-11-9-19(23)21(4)17-10-12-26(24,25)14-17/h7-8,13,17,20H,5-6,9-12,14H2,1-4H3. The van der Waals surface area contributed by atoms with Gasteiger partial charge in [-0.25, -0.2) is 8.42 Å². The van der Waals surface area contributed by atoms with E-state index in [9.17, 15) is 13.2 Å². The minimum Gasteiger partial charge on any atom is -0.384 e. The van der Waals surface area contributed by atoms with Crippen molar-refractivity contribution in [3.63, 3.8) is 0 Å². The largest absolute Gasteiger partial charge is 0.384 e. The summed E-state index contributed by atoms with van der Waals surface area (Å²) in [4.78, 5) is 16.2. The van der Waals surface area contributed by atoms with Gasteiger partial charge in [-0.1, -0.05) is 0 Å². The number of carbonyl (C=O) groups excluding carboxylic acids is 1. The Hall–Kier alpha value is -1.76. The number of hydrogen-bond acceptors (Lipinski definition) is 5. The second-order valence-electron chi connectivity index (χ2n) is 6.91. The van der Waals surface area contributed by atoms with Crippen LogP contribution in [0, 0.1) is 6.92 Å². The van der Waals surface area contributed by atoms with Gasteiger partial charge in [0.1, 0.15) is 0 Å². The van der Waals surface area contributed by atoms with Crippen LogP contribution in [-0.2, 0) is 14.6 Å². The average Bonchev–Trinajstić information content (AvgIpc) is 2.97. The molecule has 1 unspecified atom stereocenters. The lowest BCUT2D eigenvalue weighted by Crippen LogP contribution is -2.38. The third-order valence-corrected chi connectivity index (χ3v) is 6.89. The van der Waals surface area contributed by atoms with Crippen LogP contribution in [0.4, 0.5) is 11.4 Å². The van der Waals surface area contributed by atoms with Crippen molar-refractivity contribution in [1.29, 1.82) is 0 Å². The summed E-state index contributed by atoms with van der Waals surface area (Å²) in [5.74, 6) is 0.261. The van der Waals surface area contributed by atoms with E-state index < -0.39 is 9.84 Å². The minimum absolute atomic E-state index is 0.0167. The van der Waals surface area contributed by atoms with Crippen molar-refractivity contribution in [2.24, 2.45) is 0 Å². The van der Waals surface area contributed by atoms with Crippen molar-refractivity contribution in [1.82, 2.24) is 4.90 Å². The smallest absolute Gasteiger partial charge is 0.224 e. The first kappa shape index (κ1) is 20.6. The van der Waals surface area contributed by atoms with Crippen LogP contribution >= 0.6 is 0 Å². The van der Waals surface area contributed by atoms with Gasteiger partial charge in [0.2, 0.25) is 5.91 Å². The van der Waals surface area contributed by atoms with Crippen molar-refractivity contribution < 1.29 is 13.2 Å². The molecule has 1 aromatic rings. The van der Waals surface area contributed by atoms with Crippen LogP contribution in [-0.4, -0.2) is 63.5 Å². The molecular formula is C19H31N3O3S. The summed E-state index contributed by atoms with van der Waals surface area (Å²) in [6.45, 7) is 8.83. The van der Waals surface area contributed by atoms with Crippen LogP contribution in [0.3, 0.4) is 0 Å². The highest BCUT2D eigenvalue weighted by Gasteiger charge is 2.32. The van der Waals surface area contributed by atoms with Crippen LogP contribution < -0.4 is 10.2 Å². The Labute approximate surface area is 157 Å². The highest BCUT2D eigenvalue weighted by atomic mass is 32.2. The molecular weight excluding hydrogens is 350 g/mol. The summed E-state index contributed by atoms with van der Waals surface area (Å²) < 4.78 is 23.1. The van der Waals surface area contributed by atoms with Gasteiger partial charge in [-0.3, -0.25) is 4.79 Å². The molecule has 0 aromatic heterocycles. The van der Waals surface area contributed by atoms with Gasteiger partial charge in [-0.2, -0.15) is 0 Å². The van der Waals surface area contributed by atoms with Gasteiger partial charge in [0, 0.05) is 50.5 Å². The van der Waals surface area contributed by atoms with E-state index in [1.807, 2.05) is 0 Å². The highest BCUT2D eigenvalue weighted by Crippen LogP contribution is 2.23. The maximum absolute atomic E-state index is 12.3. The lowest BCUT2D eigenvalue weighted by Gasteiger charge is -2.24. The van der Waals surface area contributed by atoms with Crippen molar-refractivity contribution in [2.75, 3.05) is 48.4 Å². The zero-order valence-corrected chi connectivity index (χ0v) is 17.1. The number of hydrogen-bond donors (Lipinski definition) is 1. The Morgan fingerprint density at radius 1 is 1.27 bits per heavy atom. The summed E-state index contributed by atoms with van der Waals surface area (Å²) in [6, 6.07) is 6.13. The van der Waals surface area contributed by atoms with Crippen LogP contribution in [0.5, 0.6) is 0 Å². The molecule has 7 heteroatoms. The fourth-order valence-electron chi connectivity index (χ4n) is 3.40. The molecule has 1 fully saturated rings. The van der Waals surface area contributed by atoms with E-state index in [-0.39, 0.29) is 23.5 Å². The van der Waals surface area contributed by atoms with Crippen molar-refractivity contribution in [3.05, 3.63) is 23.8 Å². The quantitative estimate of drug-likeness (QED) is 0.748. The number of amides is 1.